The van der Waals surface area contributed by atoms with Crippen LogP contribution in [0.1, 0.15) is 5.56 Å². The van der Waals surface area contributed by atoms with Gasteiger partial charge >= 0.3 is 0 Å². The van der Waals surface area contributed by atoms with E-state index in [1.165, 1.54) is 36.3 Å². The van der Waals surface area contributed by atoms with Crippen LogP contribution in [0.2, 0.25) is 25.2 Å². The molecule has 1 aliphatic heterocycles. The number of nitrogens with zero attached hydrogens (tertiary/aromatic N) is 2. The summed E-state index contributed by atoms with van der Waals surface area (Å²) in [6, 6.07) is 17.7. The smallest absolute Gasteiger partial charge is 0.0705 e. The fourth-order valence-electron chi connectivity index (χ4n) is 2.91. The monoisotopic (exact) mass is 296 g/mol. The molecule has 3 rings (SSSR count). The average Bonchev–Trinajstić information content (AvgIpc) is 2.51. The van der Waals surface area contributed by atoms with Crippen LogP contribution in [0.15, 0.2) is 48.7 Å². The highest BCUT2D eigenvalue weighted by atomic mass is 28.3. The highest BCUT2D eigenvalue weighted by molar-refractivity contribution is 6.77. The molecule has 0 radical (unpaired) electrons. The van der Waals surface area contributed by atoms with Crippen LogP contribution in [0.4, 0.5) is 0 Å². The minimum absolute atomic E-state index is 0.867. The zero-order valence-electron chi connectivity index (χ0n) is 13.0. The summed E-state index contributed by atoms with van der Waals surface area (Å²) in [6.45, 7) is 8.63. The quantitative estimate of drug-likeness (QED) is 0.786. The number of hydrogen-bond acceptors (Lipinski definition) is 2. The molecule has 1 aromatic carbocycles. The molecule has 2 aromatic rings. The van der Waals surface area contributed by atoms with Gasteiger partial charge in [0, 0.05) is 26.4 Å². The summed E-state index contributed by atoms with van der Waals surface area (Å²) in [7, 11) is -0.867. The molecule has 0 N–H and O–H groups in total. The molecule has 1 aliphatic rings. The van der Waals surface area contributed by atoms with Crippen LogP contribution in [0.3, 0.4) is 0 Å². The minimum atomic E-state index is -0.867. The van der Waals surface area contributed by atoms with E-state index in [4.69, 9.17) is 0 Å². The molecule has 1 fully saturated rings. The minimum Gasteiger partial charge on any atom is -0.300 e. The Kier molecular flexibility index (Phi) is 4.22. The molecule has 1 saturated heterocycles. The van der Waals surface area contributed by atoms with Gasteiger partial charge in [0.1, 0.15) is 0 Å². The lowest BCUT2D eigenvalue weighted by atomic mass is 10.1. The molecule has 0 spiro atoms. The molecule has 0 unspecified atom stereocenters. The molecular formula is C18H24N2Si. The summed E-state index contributed by atoms with van der Waals surface area (Å²) in [5.74, 6) is 0. The van der Waals surface area contributed by atoms with E-state index in [2.05, 4.69) is 59.4 Å². The number of pyridine rings is 1. The topological polar surface area (TPSA) is 16.1 Å². The third kappa shape index (κ3) is 3.80. The lowest BCUT2D eigenvalue weighted by Crippen LogP contribution is -2.42. The second-order valence-electron chi connectivity index (χ2n) is 6.86. The average molecular weight is 296 g/mol. The summed E-state index contributed by atoms with van der Waals surface area (Å²) in [4.78, 5) is 7.11. The maximum absolute atomic E-state index is 4.51. The fraction of sp³-hybridized carbons (Fsp3) is 0.389. The molecule has 2 heterocycles. The van der Waals surface area contributed by atoms with Crippen LogP contribution in [0, 0.1) is 0 Å². The largest absolute Gasteiger partial charge is 0.300 e. The summed E-state index contributed by atoms with van der Waals surface area (Å²) in [5, 5.41) is 0. The Morgan fingerprint density at radius 1 is 1.05 bits per heavy atom. The van der Waals surface area contributed by atoms with Crippen molar-refractivity contribution < 1.29 is 0 Å². The Labute approximate surface area is 128 Å². The first-order valence-corrected chi connectivity index (χ1v) is 11.3. The standard InChI is InChI=1S/C18H24N2Si/c1-21(2)12-10-20(11-13-21)15-16-8-9-19-18(14-16)17-6-4-3-5-7-17/h3-9,14H,10-13,15H2,1-2H3. The van der Waals surface area contributed by atoms with Crippen LogP contribution in [-0.4, -0.2) is 31.0 Å². The Morgan fingerprint density at radius 3 is 2.48 bits per heavy atom. The van der Waals surface area contributed by atoms with Crippen molar-refractivity contribution in [3.63, 3.8) is 0 Å². The maximum Gasteiger partial charge on any atom is 0.0705 e. The molecule has 21 heavy (non-hydrogen) atoms. The third-order valence-corrected chi connectivity index (χ3v) is 7.66. The molecule has 0 aliphatic carbocycles. The first-order valence-electron chi connectivity index (χ1n) is 7.85. The zero-order valence-corrected chi connectivity index (χ0v) is 14.0. The summed E-state index contributed by atoms with van der Waals surface area (Å²) in [6.07, 6.45) is 1.94. The lowest BCUT2D eigenvalue weighted by Gasteiger charge is -2.35. The van der Waals surface area contributed by atoms with E-state index in [0.717, 1.165) is 12.2 Å². The highest BCUT2D eigenvalue weighted by Crippen LogP contribution is 2.24. The van der Waals surface area contributed by atoms with Gasteiger partial charge in [0.25, 0.3) is 0 Å². The Bertz CT molecular complexity index is 585. The van der Waals surface area contributed by atoms with Gasteiger partial charge in [0.15, 0.2) is 0 Å². The van der Waals surface area contributed by atoms with Crippen molar-refractivity contribution >= 4 is 8.07 Å². The van der Waals surface area contributed by atoms with Crippen molar-refractivity contribution in [2.24, 2.45) is 0 Å². The first-order chi connectivity index (χ1) is 10.1. The van der Waals surface area contributed by atoms with E-state index in [1.807, 2.05) is 12.3 Å². The zero-order chi connectivity index (χ0) is 14.7. The van der Waals surface area contributed by atoms with Crippen LogP contribution in [0.25, 0.3) is 11.3 Å². The Balaban J connectivity index is 1.70. The van der Waals surface area contributed by atoms with Crippen LogP contribution in [0.5, 0.6) is 0 Å². The van der Waals surface area contributed by atoms with Gasteiger partial charge in [-0.3, -0.25) is 9.88 Å². The van der Waals surface area contributed by atoms with Gasteiger partial charge < -0.3 is 0 Å². The molecule has 0 bridgehead atoms. The number of aromatic nitrogens is 1. The maximum atomic E-state index is 4.51. The van der Waals surface area contributed by atoms with Crippen LogP contribution < -0.4 is 0 Å². The predicted octanol–water partition coefficient (Wildman–Crippen LogP) is 4.27. The second kappa shape index (κ2) is 6.12. The molecule has 3 heteroatoms. The van der Waals surface area contributed by atoms with Crippen molar-refractivity contribution in [2.45, 2.75) is 31.7 Å². The molecule has 0 amide bonds. The molecule has 110 valence electrons. The van der Waals surface area contributed by atoms with E-state index >= 15 is 0 Å². The summed E-state index contributed by atoms with van der Waals surface area (Å²) < 4.78 is 0. The number of rotatable bonds is 3. The highest BCUT2D eigenvalue weighted by Gasteiger charge is 2.26. The van der Waals surface area contributed by atoms with E-state index in [1.54, 1.807) is 0 Å². The molecule has 2 nitrogen and oxygen atoms in total. The van der Waals surface area contributed by atoms with Gasteiger partial charge in [0.2, 0.25) is 0 Å². The van der Waals surface area contributed by atoms with Crippen LogP contribution in [-0.2, 0) is 6.54 Å². The third-order valence-electron chi connectivity index (χ3n) is 4.51. The lowest BCUT2D eigenvalue weighted by molar-refractivity contribution is 0.281. The fourth-order valence-corrected chi connectivity index (χ4v) is 5.01. The molecule has 0 atom stereocenters. The number of hydrogen-bond donors (Lipinski definition) is 0. The SMILES string of the molecule is C[Si]1(C)CCN(Cc2ccnc(-c3ccccc3)c2)CC1. The van der Waals surface area contributed by atoms with Gasteiger partial charge in [0.05, 0.1) is 5.69 Å². The molecular weight excluding hydrogens is 272 g/mol. The van der Waals surface area contributed by atoms with Crippen molar-refractivity contribution in [2.75, 3.05) is 13.1 Å². The molecule has 0 saturated carbocycles. The van der Waals surface area contributed by atoms with Gasteiger partial charge in [-0.25, -0.2) is 0 Å². The Morgan fingerprint density at radius 2 is 1.76 bits per heavy atom. The van der Waals surface area contributed by atoms with Gasteiger partial charge in [-0.05, 0) is 42.9 Å². The van der Waals surface area contributed by atoms with Crippen molar-refractivity contribution in [3.8, 4) is 11.3 Å². The predicted molar refractivity (Wildman–Crippen MR) is 92.0 cm³/mol. The Hall–Kier alpha value is -1.45. The first kappa shape index (κ1) is 14.5. The van der Waals surface area contributed by atoms with Crippen molar-refractivity contribution in [1.82, 2.24) is 9.88 Å². The normalized spacial score (nSPS) is 18.6. The van der Waals surface area contributed by atoms with E-state index in [9.17, 15) is 0 Å². The molecule has 1 aromatic heterocycles. The van der Waals surface area contributed by atoms with E-state index in [0.29, 0.717) is 0 Å². The summed E-state index contributed by atoms with van der Waals surface area (Å²) in [5.41, 5.74) is 3.66. The van der Waals surface area contributed by atoms with E-state index in [-0.39, 0.29) is 0 Å². The van der Waals surface area contributed by atoms with E-state index < -0.39 is 8.07 Å². The number of benzene rings is 1. The van der Waals surface area contributed by atoms with Gasteiger partial charge in [-0.1, -0.05) is 43.4 Å². The van der Waals surface area contributed by atoms with Crippen molar-refractivity contribution in [1.29, 1.82) is 0 Å². The van der Waals surface area contributed by atoms with Gasteiger partial charge in [-0.15, -0.1) is 0 Å². The van der Waals surface area contributed by atoms with Crippen molar-refractivity contribution in [3.05, 3.63) is 54.2 Å². The summed E-state index contributed by atoms with van der Waals surface area (Å²) >= 11 is 0. The van der Waals surface area contributed by atoms with Gasteiger partial charge in [-0.2, -0.15) is 0 Å². The second-order valence-corrected chi connectivity index (χ2v) is 12.2. The van der Waals surface area contributed by atoms with Crippen LogP contribution >= 0.6 is 0 Å².